The minimum absolute atomic E-state index is 0.0899. The van der Waals surface area contributed by atoms with Crippen LogP contribution in [0, 0.1) is 13.8 Å². The normalized spacial score (nSPS) is 16.7. The highest BCUT2D eigenvalue weighted by atomic mass is 16.5. The molecule has 0 unspecified atom stereocenters. The number of carbonyl (C=O) groups excluding carboxylic acids is 1. The molecule has 1 heterocycles. The fraction of sp³-hybridized carbons (Fsp3) is 0.364. The molecule has 2 N–H and O–H groups in total. The molecule has 148 valence electrons. The third-order valence-corrected chi connectivity index (χ3v) is 4.60. The molecule has 6 heteroatoms. The highest BCUT2D eigenvalue weighted by Crippen LogP contribution is 2.25. The van der Waals surface area contributed by atoms with Gasteiger partial charge in [0.25, 0.3) is 5.91 Å². The van der Waals surface area contributed by atoms with Crippen molar-refractivity contribution >= 4 is 17.6 Å². The quantitative estimate of drug-likeness (QED) is 0.612. The summed E-state index contributed by atoms with van der Waals surface area (Å²) < 4.78 is 11.1. The molecule has 2 aromatic carbocycles. The van der Waals surface area contributed by atoms with Crippen molar-refractivity contribution in [3.63, 3.8) is 0 Å². The van der Waals surface area contributed by atoms with E-state index in [-0.39, 0.29) is 12.0 Å². The number of nitrogens with one attached hydrogen (secondary N) is 2. The Balaban J connectivity index is 1.81. The van der Waals surface area contributed by atoms with Crippen LogP contribution in [-0.2, 0) is 4.74 Å². The highest BCUT2D eigenvalue weighted by Gasteiger charge is 2.17. The topological polar surface area (TPSA) is 71.9 Å². The molecule has 0 aliphatic carbocycles. The second-order valence-corrected chi connectivity index (χ2v) is 6.98. The summed E-state index contributed by atoms with van der Waals surface area (Å²) in [5.41, 5.74) is 3.44. The zero-order chi connectivity index (χ0) is 19.9. The Bertz CT molecular complexity index is 858. The molecule has 0 spiro atoms. The second kappa shape index (κ2) is 9.37. The summed E-state index contributed by atoms with van der Waals surface area (Å²) in [7, 11) is 1.62. The van der Waals surface area contributed by atoms with Crippen LogP contribution in [-0.4, -0.2) is 38.2 Å². The van der Waals surface area contributed by atoms with Gasteiger partial charge in [0.2, 0.25) is 5.96 Å². The predicted octanol–water partition coefficient (Wildman–Crippen LogP) is 3.69. The molecule has 0 radical (unpaired) electrons. The molecule has 3 rings (SSSR count). The van der Waals surface area contributed by atoms with Gasteiger partial charge in [0.05, 0.1) is 25.4 Å². The summed E-state index contributed by atoms with van der Waals surface area (Å²) in [6, 6.07) is 13.3. The van der Waals surface area contributed by atoms with Crippen LogP contribution < -0.4 is 15.4 Å². The van der Waals surface area contributed by atoms with E-state index in [1.54, 1.807) is 13.2 Å². The number of amides is 1. The van der Waals surface area contributed by atoms with Gasteiger partial charge in [-0.15, -0.1) is 0 Å². The van der Waals surface area contributed by atoms with Gasteiger partial charge in [-0.3, -0.25) is 10.1 Å². The van der Waals surface area contributed by atoms with Crippen LogP contribution in [0.25, 0.3) is 0 Å². The molecule has 1 aliphatic heterocycles. The summed E-state index contributed by atoms with van der Waals surface area (Å²) in [5, 5.41) is 6.11. The molecule has 1 aliphatic rings. The lowest BCUT2D eigenvalue weighted by Crippen LogP contribution is -2.37. The summed E-state index contributed by atoms with van der Waals surface area (Å²) in [4.78, 5) is 17.3. The first kappa shape index (κ1) is 19.9. The summed E-state index contributed by atoms with van der Waals surface area (Å²) in [5.74, 6) is 0.847. The van der Waals surface area contributed by atoms with E-state index in [9.17, 15) is 4.79 Å². The number of rotatable bonds is 5. The number of aliphatic imine (C=N–C) groups is 1. The number of hydrogen-bond acceptors (Lipinski definition) is 4. The zero-order valence-corrected chi connectivity index (χ0v) is 16.6. The number of guanidine groups is 1. The number of methoxy groups -OCH3 is 1. The van der Waals surface area contributed by atoms with E-state index >= 15 is 0 Å². The van der Waals surface area contributed by atoms with E-state index < -0.39 is 0 Å². The molecule has 0 bridgehead atoms. The first-order chi connectivity index (χ1) is 13.5. The van der Waals surface area contributed by atoms with Crippen molar-refractivity contribution in [2.75, 3.05) is 25.6 Å². The Hall–Kier alpha value is -2.86. The van der Waals surface area contributed by atoms with Gasteiger partial charge in [-0.1, -0.05) is 23.8 Å². The van der Waals surface area contributed by atoms with E-state index in [0.717, 1.165) is 36.3 Å². The number of anilines is 1. The van der Waals surface area contributed by atoms with Crippen molar-refractivity contribution in [1.29, 1.82) is 0 Å². The summed E-state index contributed by atoms with van der Waals surface area (Å²) in [6.07, 6.45) is 2.12. The molecular weight excluding hydrogens is 354 g/mol. The van der Waals surface area contributed by atoms with Gasteiger partial charge in [0.1, 0.15) is 5.75 Å². The van der Waals surface area contributed by atoms with Crippen molar-refractivity contribution in [3.05, 3.63) is 59.2 Å². The number of ether oxygens (including phenoxy) is 2. The van der Waals surface area contributed by atoms with Crippen molar-refractivity contribution in [1.82, 2.24) is 5.32 Å². The van der Waals surface area contributed by atoms with E-state index in [2.05, 4.69) is 15.6 Å². The second-order valence-electron chi connectivity index (χ2n) is 6.98. The van der Waals surface area contributed by atoms with Crippen LogP contribution >= 0.6 is 0 Å². The van der Waals surface area contributed by atoms with Crippen LogP contribution in [0.3, 0.4) is 0 Å². The molecule has 6 nitrogen and oxygen atoms in total. The van der Waals surface area contributed by atoms with E-state index in [0.29, 0.717) is 23.8 Å². The lowest BCUT2D eigenvalue weighted by molar-refractivity contribution is 0.0975. The molecule has 1 saturated heterocycles. The Morgan fingerprint density at radius 3 is 2.75 bits per heavy atom. The number of hydrogen-bond donors (Lipinski definition) is 2. The van der Waals surface area contributed by atoms with E-state index in [1.807, 2.05) is 50.2 Å². The lowest BCUT2D eigenvalue weighted by atomic mass is 10.1. The third kappa shape index (κ3) is 5.33. The number of nitrogens with zero attached hydrogens (tertiary/aromatic N) is 1. The van der Waals surface area contributed by atoms with E-state index in [1.165, 1.54) is 0 Å². The highest BCUT2D eigenvalue weighted by molar-refractivity contribution is 6.10. The van der Waals surface area contributed by atoms with Crippen molar-refractivity contribution in [2.24, 2.45) is 4.99 Å². The van der Waals surface area contributed by atoms with Gasteiger partial charge < -0.3 is 14.8 Å². The largest absolute Gasteiger partial charge is 0.495 e. The number of benzene rings is 2. The Morgan fingerprint density at radius 1 is 1.21 bits per heavy atom. The van der Waals surface area contributed by atoms with Crippen molar-refractivity contribution in [3.8, 4) is 5.75 Å². The van der Waals surface area contributed by atoms with Gasteiger partial charge >= 0.3 is 0 Å². The predicted molar refractivity (Wildman–Crippen MR) is 111 cm³/mol. The van der Waals surface area contributed by atoms with E-state index in [4.69, 9.17) is 9.47 Å². The van der Waals surface area contributed by atoms with Crippen LogP contribution in [0.4, 0.5) is 5.69 Å². The molecule has 1 amide bonds. The Kier molecular flexibility index (Phi) is 6.66. The van der Waals surface area contributed by atoms with Gasteiger partial charge in [-0.25, -0.2) is 4.99 Å². The van der Waals surface area contributed by atoms with Gasteiger partial charge in [0.15, 0.2) is 0 Å². The van der Waals surface area contributed by atoms with Crippen molar-refractivity contribution < 1.29 is 14.3 Å². The molecule has 0 aromatic heterocycles. The number of aryl methyl sites for hydroxylation is 2. The standard InChI is InChI=1S/C22H27N3O3/c1-15-6-4-7-17(12-15)21(26)25-22(23-14-18-8-5-11-28-18)24-19-13-16(2)9-10-20(19)27-3/h4,6-7,9-10,12-13,18H,5,8,11,14H2,1-3H3,(H2,23,24,25,26)/t18-/m1/s1. The van der Waals surface area contributed by atoms with Crippen LogP contribution in [0.5, 0.6) is 5.75 Å². The van der Waals surface area contributed by atoms with Crippen LogP contribution in [0.1, 0.15) is 34.3 Å². The summed E-state index contributed by atoms with van der Waals surface area (Å²) >= 11 is 0. The van der Waals surface area contributed by atoms with Crippen molar-refractivity contribution in [2.45, 2.75) is 32.8 Å². The zero-order valence-electron chi connectivity index (χ0n) is 16.6. The van der Waals surface area contributed by atoms with Crippen LogP contribution in [0.15, 0.2) is 47.5 Å². The minimum atomic E-state index is -0.214. The maximum absolute atomic E-state index is 12.7. The first-order valence-electron chi connectivity index (χ1n) is 9.51. The third-order valence-electron chi connectivity index (χ3n) is 4.60. The van der Waals surface area contributed by atoms with Crippen LogP contribution in [0.2, 0.25) is 0 Å². The fourth-order valence-corrected chi connectivity index (χ4v) is 3.10. The van der Waals surface area contributed by atoms with Gasteiger partial charge in [-0.05, 0) is 56.5 Å². The molecule has 1 atom stereocenters. The molecule has 2 aromatic rings. The smallest absolute Gasteiger partial charge is 0.257 e. The average molecular weight is 381 g/mol. The Labute approximate surface area is 166 Å². The van der Waals surface area contributed by atoms with Gasteiger partial charge in [-0.2, -0.15) is 0 Å². The monoisotopic (exact) mass is 381 g/mol. The first-order valence-corrected chi connectivity index (χ1v) is 9.51. The average Bonchev–Trinajstić information content (AvgIpc) is 3.20. The fourth-order valence-electron chi connectivity index (χ4n) is 3.10. The molecule has 28 heavy (non-hydrogen) atoms. The molecule has 1 fully saturated rings. The Morgan fingerprint density at radius 2 is 2.04 bits per heavy atom. The molecular formula is C22H27N3O3. The number of carbonyl (C=O) groups is 1. The molecule has 0 saturated carbocycles. The maximum Gasteiger partial charge on any atom is 0.257 e. The van der Waals surface area contributed by atoms with Gasteiger partial charge in [0, 0.05) is 12.2 Å². The lowest BCUT2D eigenvalue weighted by Gasteiger charge is -2.16. The summed E-state index contributed by atoms with van der Waals surface area (Å²) in [6.45, 7) is 5.22. The SMILES string of the molecule is COc1ccc(C)cc1NC(=NC[C@H]1CCCO1)NC(=O)c1cccc(C)c1. The maximum atomic E-state index is 12.7. The minimum Gasteiger partial charge on any atom is -0.495 e.